The third kappa shape index (κ3) is 13.6. The molecule has 0 aromatic carbocycles. The summed E-state index contributed by atoms with van der Waals surface area (Å²) >= 11 is 0. The molecule has 0 radical (unpaired) electrons. The first-order chi connectivity index (χ1) is 22.1. The van der Waals surface area contributed by atoms with Crippen molar-refractivity contribution in [3.63, 3.8) is 0 Å². The highest BCUT2D eigenvalue weighted by Crippen LogP contribution is 2.44. The summed E-state index contributed by atoms with van der Waals surface area (Å²) in [5, 5.41) is 20.5. The molecule has 1 aromatic rings. The smallest absolute Gasteiger partial charge is 0.305 e. The van der Waals surface area contributed by atoms with Crippen molar-refractivity contribution in [3.05, 3.63) is 47.3 Å². The number of pyridine rings is 1. The highest BCUT2D eigenvalue weighted by atomic mass is 28.4. The molecule has 0 bridgehead atoms. The molecule has 0 aliphatic carbocycles. The number of hydrogen-bond acceptors (Lipinski definition) is 6. The topological polar surface area (TPSA) is 106 Å². The van der Waals surface area contributed by atoms with Crippen LogP contribution >= 0.6 is 0 Å². The van der Waals surface area contributed by atoms with Crippen molar-refractivity contribution in [1.82, 2.24) is 4.98 Å². The van der Waals surface area contributed by atoms with E-state index < -0.39 is 46.1 Å². The fraction of sp³-hybridized carbons (Fsp3) is 0.725. The second kappa shape index (κ2) is 18.0. The Morgan fingerprint density at radius 2 is 1.47 bits per heavy atom. The number of carboxylic acid groups (broad SMARTS) is 1. The van der Waals surface area contributed by atoms with Gasteiger partial charge < -0.3 is 19.1 Å². The van der Waals surface area contributed by atoms with Gasteiger partial charge in [0.2, 0.25) is 0 Å². The maximum atomic E-state index is 14.5. The van der Waals surface area contributed by atoms with Gasteiger partial charge in [0.1, 0.15) is 5.78 Å². The van der Waals surface area contributed by atoms with Crippen molar-refractivity contribution in [3.8, 4) is 0 Å². The Morgan fingerprint density at radius 1 is 0.918 bits per heavy atom. The molecule has 49 heavy (non-hydrogen) atoms. The Morgan fingerprint density at radius 3 is 1.96 bits per heavy atom. The van der Waals surface area contributed by atoms with Gasteiger partial charge in [-0.1, -0.05) is 87.0 Å². The van der Waals surface area contributed by atoms with Crippen LogP contribution in [0.3, 0.4) is 0 Å². The molecule has 7 nitrogen and oxygen atoms in total. The van der Waals surface area contributed by atoms with Gasteiger partial charge >= 0.3 is 5.97 Å². The largest absolute Gasteiger partial charge is 0.481 e. The lowest BCUT2D eigenvalue weighted by atomic mass is 9.73. The van der Waals surface area contributed by atoms with Crippen molar-refractivity contribution in [1.29, 1.82) is 0 Å². The molecule has 0 unspecified atom stereocenters. The Hall–Kier alpha value is -1.92. The van der Waals surface area contributed by atoms with Crippen molar-refractivity contribution in [2.24, 2.45) is 17.3 Å². The lowest BCUT2D eigenvalue weighted by Gasteiger charge is -2.46. The first kappa shape index (κ1) is 45.1. The highest BCUT2D eigenvalue weighted by molar-refractivity contribution is 6.74. The second-order valence-electron chi connectivity index (χ2n) is 18.0. The number of carbonyl (C=O) groups is 2. The van der Waals surface area contributed by atoms with Gasteiger partial charge in [0.15, 0.2) is 16.6 Å². The van der Waals surface area contributed by atoms with Gasteiger partial charge in [-0.25, -0.2) is 0 Å². The number of aromatic nitrogens is 1. The van der Waals surface area contributed by atoms with Crippen LogP contribution < -0.4 is 0 Å². The molecule has 0 aliphatic rings. The quantitative estimate of drug-likeness (QED) is 0.108. The lowest BCUT2D eigenvalue weighted by Crippen LogP contribution is -2.54. The molecular formula is C40H71NO6Si2. The van der Waals surface area contributed by atoms with E-state index in [1.807, 2.05) is 52.0 Å². The molecule has 0 spiro atoms. The number of nitrogens with zero attached hydrogens (tertiary/aromatic N) is 1. The summed E-state index contributed by atoms with van der Waals surface area (Å²) in [5.74, 6) is -1.31. The van der Waals surface area contributed by atoms with Crippen molar-refractivity contribution in [2.45, 2.75) is 170 Å². The van der Waals surface area contributed by atoms with Gasteiger partial charge in [0.25, 0.3) is 0 Å². The lowest BCUT2D eigenvalue weighted by molar-refractivity contribution is -0.146. The van der Waals surface area contributed by atoms with Crippen LogP contribution in [0.1, 0.15) is 121 Å². The van der Waals surface area contributed by atoms with Gasteiger partial charge in [-0.05, 0) is 105 Å². The zero-order valence-electron chi connectivity index (χ0n) is 33.9. The fourth-order valence-electron chi connectivity index (χ4n) is 5.52. The van der Waals surface area contributed by atoms with Crippen LogP contribution in [0.15, 0.2) is 41.6 Å². The van der Waals surface area contributed by atoms with Gasteiger partial charge in [0, 0.05) is 17.5 Å². The van der Waals surface area contributed by atoms with E-state index in [4.69, 9.17) is 8.85 Å². The van der Waals surface area contributed by atoms with Crippen molar-refractivity contribution in [2.75, 3.05) is 0 Å². The monoisotopic (exact) mass is 717 g/mol. The van der Waals surface area contributed by atoms with Crippen LogP contribution in [0, 0.1) is 17.3 Å². The number of hydrogen-bond donors (Lipinski definition) is 2. The Balaban J connectivity index is 3.20. The van der Waals surface area contributed by atoms with Crippen LogP contribution in [0.2, 0.25) is 36.3 Å². The van der Waals surface area contributed by atoms with E-state index in [2.05, 4.69) is 92.6 Å². The summed E-state index contributed by atoms with van der Waals surface area (Å²) in [7, 11) is -4.63. The summed E-state index contributed by atoms with van der Waals surface area (Å²) in [4.78, 5) is 30.9. The van der Waals surface area contributed by atoms with Gasteiger partial charge in [-0.2, -0.15) is 0 Å². The molecule has 1 rings (SSSR count). The van der Waals surface area contributed by atoms with Crippen LogP contribution in [0.4, 0.5) is 0 Å². The predicted molar refractivity (Wildman–Crippen MR) is 210 cm³/mol. The number of aliphatic carboxylic acids is 1. The van der Waals surface area contributed by atoms with E-state index in [1.54, 1.807) is 6.20 Å². The minimum Gasteiger partial charge on any atom is -0.481 e. The van der Waals surface area contributed by atoms with E-state index in [1.165, 1.54) is 5.57 Å². The molecule has 9 heteroatoms. The van der Waals surface area contributed by atoms with E-state index >= 15 is 0 Å². The molecule has 0 aliphatic heterocycles. The van der Waals surface area contributed by atoms with Gasteiger partial charge in [-0.15, -0.1) is 0 Å². The number of rotatable bonds is 19. The van der Waals surface area contributed by atoms with Gasteiger partial charge in [0.05, 0.1) is 30.4 Å². The first-order valence-electron chi connectivity index (χ1n) is 18.2. The Labute approximate surface area is 301 Å². The normalized spacial score (nSPS) is 17.3. The van der Waals surface area contributed by atoms with E-state index in [9.17, 15) is 19.8 Å². The number of aliphatic hydroxyl groups is 1. The number of Topliss-reactive ketones (excluding diaryl/α,β-unsaturated/α-hetero) is 1. The zero-order valence-corrected chi connectivity index (χ0v) is 35.9. The number of ketones is 1. The summed E-state index contributed by atoms with van der Waals surface area (Å²) in [6.07, 6.45) is 7.19. The van der Waals surface area contributed by atoms with E-state index in [-0.39, 0.29) is 34.3 Å². The number of aliphatic hydroxyl groups excluding tert-OH is 1. The third-order valence-electron chi connectivity index (χ3n) is 11.3. The van der Waals surface area contributed by atoms with Crippen LogP contribution in [0.25, 0.3) is 6.08 Å². The molecule has 2 N–H and O–H groups in total. The molecular weight excluding hydrogens is 647 g/mol. The molecule has 1 aromatic heterocycles. The van der Waals surface area contributed by atoms with E-state index in [0.717, 1.165) is 30.5 Å². The number of carbonyl (C=O) groups excluding carboxylic acids is 1. The highest BCUT2D eigenvalue weighted by Gasteiger charge is 2.49. The second-order valence-corrected chi connectivity index (χ2v) is 27.5. The average Bonchev–Trinajstić information content (AvgIpc) is 2.96. The van der Waals surface area contributed by atoms with E-state index in [0.29, 0.717) is 6.42 Å². The average molecular weight is 718 g/mol. The molecule has 0 amide bonds. The van der Waals surface area contributed by atoms with Crippen molar-refractivity contribution < 1.29 is 28.7 Å². The van der Waals surface area contributed by atoms with Crippen molar-refractivity contribution >= 4 is 34.5 Å². The number of carboxylic acids is 1. The van der Waals surface area contributed by atoms with Crippen LogP contribution in [-0.4, -0.2) is 61.9 Å². The van der Waals surface area contributed by atoms with Crippen LogP contribution in [0.5, 0.6) is 0 Å². The zero-order chi connectivity index (χ0) is 38.2. The summed E-state index contributed by atoms with van der Waals surface area (Å²) < 4.78 is 13.8. The maximum absolute atomic E-state index is 14.5. The SMILES string of the molecule is CC(=CC[C@H](O)C(C)=Cc1ccccn1)CCC[C@H](C)[C@H](O[Si](C)(C)C(C)(C)C)[C@@H](C)C(=O)C(C)(C)[C@H](CC(=O)O)O[Si](C)(C)C(C)(C)C. The van der Waals surface area contributed by atoms with Crippen LogP contribution in [-0.2, 0) is 18.4 Å². The molecule has 0 saturated carbocycles. The first-order valence-corrected chi connectivity index (χ1v) is 24.0. The summed E-state index contributed by atoms with van der Waals surface area (Å²) in [6.45, 7) is 33.6. The fourth-order valence-corrected chi connectivity index (χ4v) is 8.43. The predicted octanol–water partition coefficient (Wildman–Crippen LogP) is 10.5. The Kier molecular flexibility index (Phi) is 16.6. The summed E-state index contributed by atoms with van der Waals surface area (Å²) in [6, 6.07) is 5.73. The number of allylic oxidation sites excluding steroid dienone is 1. The molecule has 5 atom stereocenters. The maximum Gasteiger partial charge on any atom is 0.305 e. The molecule has 0 fully saturated rings. The minimum atomic E-state index is -2.37. The van der Waals surface area contributed by atoms with Gasteiger partial charge in [-0.3, -0.25) is 14.6 Å². The minimum absolute atomic E-state index is 0.00721. The third-order valence-corrected chi connectivity index (χ3v) is 20.2. The summed E-state index contributed by atoms with van der Waals surface area (Å²) in [5.41, 5.74) is 1.91. The standard InChI is InChI=1S/C40H71NO6Si2/c1-28(23-24-33(42)30(3)26-32-22-17-18-25-41-32)20-19-21-29(2)36(47-49(15,16)39(8,9)10)31(4)37(45)40(11,12)34(27-35(43)44)46-48(13,14)38(5,6)7/h17-18,22-23,25-26,29,31,33-34,36,42H,19-21,24,27H2,1-16H3,(H,43,44)/t29-,31+,33-,34-,36-/m0/s1. The molecule has 0 saturated heterocycles. The Bertz CT molecular complexity index is 1270. The molecule has 280 valence electrons. The molecule has 1 heterocycles.